The minimum atomic E-state index is -3.37. The number of hydrogen-bond acceptors (Lipinski definition) is 0. The number of hydrogen-bond donors (Lipinski definition) is 1. The van der Waals surface area contributed by atoms with Crippen LogP contribution < -0.4 is 9.15 Å². The third kappa shape index (κ3) is 4.18. The van der Waals surface area contributed by atoms with E-state index in [1.54, 1.807) is 34.9 Å². The Kier molecular flexibility index (Phi) is 4.45. The number of aromatic nitrogens is 1. The largest absolute Gasteiger partial charge is 0.503 e. The zero-order chi connectivity index (χ0) is 32.7. The lowest BCUT2D eigenvalue weighted by molar-refractivity contribution is 0.0428. The van der Waals surface area contributed by atoms with Gasteiger partial charge < -0.3 is 4.98 Å². The van der Waals surface area contributed by atoms with Gasteiger partial charge in [-0.1, -0.05) is 81.4 Å². The molecule has 1 N–H and O–H groups in total. The molecule has 0 saturated carbocycles. The van der Waals surface area contributed by atoms with Crippen LogP contribution in [0.1, 0.15) is 44.3 Å². The summed E-state index contributed by atoms with van der Waals surface area (Å²) < 4.78 is 77.7. The molecule has 0 aliphatic carbocycles. The molecule has 41 heavy (non-hydrogen) atoms. The normalized spacial score (nSPS) is 15.1. The first-order valence-electron chi connectivity index (χ1n) is 15.8. The first-order valence-corrected chi connectivity index (χ1v) is 13.3. The van der Waals surface area contributed by atoms with Crippen molar-refractivity contribution in [3.05, 3.63) is 132 Å². The summed E-state index contributed by atoms with van der Waals surface area (Å²) in [7, 11) is 0. The van der Waals surface area contributed by atoms with E-state index in [1.165, 1.54) is 28.8 Å². The van der Waals surface area contributed by atoms with Crippen molar-refractivity contribution in [1.82, 2.24) is 14.1 Å². The van der Waals surface area contributed by atoms with Crippen LogP contribution in [-0.2, 0) is 11.3 Å². The van der Waals surface area contributed by atoms with Gasteiger partial charge in [0.15, 0.2) is 0 Å². The van der Waals surface area contributed by atoms with E-state index in [-0.39, 0.29) is 16.8 Å². The first kappa shape index (κ1) is 20.1. The fourth-order valence-corrected chi connectivity index (χ4v) is 5.34. The molecule has 0 atom stereocenters. The van der Waals surface area contributed by atoms with E-state index < -0.39 is 41.5 Å². The Morgan fingerprint density at radius 3 is 2.02 bits per heavy atom. The number of nitrogens with zero attached hydrogens (tertiary/aromatic N) is 2. The molecule has 1 aliphatic rings. The molecule has 1 aromatic heterocycles. The molecule has 2 heterocycles. The van der Waals surface area contributed by atoms with E-state index in [1.807, 2.05) is 51.1 Å². The Bertz CT molecular complexity index is 2300. The number of H-pyrrole nitrogens is 1. The molecule has 6 aromatic rings. The SMILES string of the molecule is [2H]c1c([2H])c([2H])c([N+]2=C=[N+](c3cc(C(C)(C)C)cc(C(F)(F)c4ccc5c(c4)[nH]c4ccccc45)c3)c3ccccc32)c([2H])c1[2H]. The van der Waals surface area contributed by atoms with E-state index in [9.17, 15) is 0 Å². The number of alkyl halides is 2. The lowest BCUT2D eigenvalue weighted by atomic mass is 9.84. The molecule has 7 rings (SSSR count). The van der Waals surface area contributed by atoms with Crippen molar-refractivity contribution in [2.75, 3.05) is 0 Å². The zero-order valence-corrected chi connectivity index (χ0v) is 22.7. The van der Waals surface area contributed by atoms with Crippen molar-refractivity contribution in [1.29, 1.82) is 0 Å². The van der Waals surface area contributed by atoms with E-state index in [2.05, 4.69) is 11.0 Å². The van der Waals surface area contributed by atoms with Crippen LogP contribution in [0, 0.1) is 0 Å². The van der Waals surface area contributed by atoms with Crippen molar-refractivity contribution in [2.24, 2.45) is 0 Å². The summed E-state index contributed by atoms with van der Waals surface area (Å²) in [5, 5.41) is 1.83. The highest BCUT2D eigenvalue weighted by atomic mass is 19.3. The van der Waals surface area contributed by atoms with Crippen LogP contribution in [0.25, 0.3) is 21.8 Å². The van der Waals surface area contributed by atoms with Gasteiger partial charge in [-0.3, -0.25) is 0 Å². The number of nitrogens with one attached hydrogen (secondary N) is 1. The fraction of sp³-hybridized carbons (Fsp3) is 0.139. The lowest BCUT2D eigenvalue weighted by Crippen LogP contribution is -2.19. The molecule has 0 spiro atoms. The van der Waals surface area contributed by atoms with Crippen LogP contribution in [0.4, 0.5) is 31.5 Å². The highest BCUT2D eigenvalue weighted by molar-refractivity contribution is 6.07. The van der Waals surface area contributed by atoms with Gasteiger partial charge in [0.1, 0.15) is 0 Å². The second-order valence-corrected chi connectivity index (χ2v) is 11.3. The van der Waals surface area contributed by atoms with E-state index in [4.69, 9.17) is 6.85 Å². The highest BCUT2D eigenvalue weighted by Crippen LogP contribution is 2.43. The average molecular weight is 547 g/mol. The van der Waals surface area contributed by atoms with Gasteiger partial charge in [0.2, 0.25) is 11.4 Å². The molecule has 1 aliphatic heterocycles. The number of aromatic amines is 1. The maximum absolute atomic E-state index is 16.6. The number of rotatable bonds is 4. The van der Waals surface area contributed by atoms with E-state index >= 15 is 8.78 Å². The van der Waals surface area contributed by atoms with Crippen molar-refractivity contribution < 1.29 is 15.6 Å². The fourth-order valence-electron chi connectivity index (χ4n) is 5.34. The number of benzene rings is 5. The standard InChI is InChI=1S/C36H29F2N3/c1-35(2,3)25-19-26(36(37,38)24-17-18-30-29-13-7-8-14-31(29)39-32(30)22-24)21-28(20-25)41-23-40(27-11-5-4-6-12-27)33-15-9-10-16-34(33)41/h4-22,39H,1-3H3/q+2/i4D,5D,6D,11D,12D. The number of fused-ring (bicyclic) bond motifs is 4. The third-order valence-corrected chi connectivity index (χ3v) is 7.55. The van der Waals surface area contributed by atoms with Gasteiger partial charge in [-0.25, -0.2) is 0 Å². The molecular formula is C36H29F2N3+2. The Morgan fingerprint density at radius 1 is 0.659 bits per heavy atom. The molecule has 0 fully saturated rings. The number of halogens is 2. The van der Waals surface area contributed by atoms with Gasteiger partial charge in [-0.15, -0.1) is 0 Å². The summed E-state index contributed by atoms with van der Waals surface area (Å²) in [6.45, 7) is 5.86. The minimum Gasteiger partial charge on any atom is -0.354 e. The zero-order valence-electron chi connectivity index (χ0n) is 27.7. The predicted octanol–water partition coefficient (Wildman–Crippen LogP) is 9.62. The van der Waals surface area contributed by atoms with Crippen LogP contribution in [0.15, 0.2) is 115 Å². The lowest BCUT2D eigenvalue weighted by Gasteiger charge is -2.23. The van der Waals surface area contributed by atoms with Crippen molar-refractivity contribution in [3.8, 4) is 0 Å². The van der Waals surface area contributed by atoms with Gasteiger partial charge in [-0.2, -0.15) is 8.78 Å². The molecule has 3 nitrogen and oxygen atoms in total. The molecular weight excluding hydrogens is 512 g/mol. The maximum Gasteiger partial charge on any atom is 0.503 e. The summed E-state index contributed by atoms with van der Waals surface area (Å²) in [5.74, 6) is -3.37. The second-order valence-electron chi connectivity index (χ2n) is 11.3. The average Bonchev–Trinajstić information content (AvgIpc) is 3.61. The second kappa shape index (κ2) is 9.09. The molecule has 5 aromatic carbocycles. The Labute approximate surface area is 244 Å². The summed E-state index contributed by atoms with van der Waals surface area (Å²) >= 11 is 0. The van der Waals surface area contributed by atoms with Crippen molar-refractivity contribution in [2.45, 2.75) is 32.1 Å². The van der Waals surface area contributed by atoms with Crippen LogP contribution in [-0.4, -0.2) is 11.0 Å². The summed E-state index contributed by atoms with van der Waals surface area (Å²) in [4.78, 5) is 3.26. The van der Waals surface area contributed by atoms with Crippen molar-refractivity contribution >= 4 is 50.6 Å². The summed E-state index contributed by atoms with van der Waals surface area (Å²) in [5.41, 5.74) is 2.70. The topological polar surface area (TPSA) is 21.8 Å². The molecule has 0 amide bonds. The predicted molar refractivity (Wildman–Crippen MR) is 165 cm³/mol. The third-order valence-electron chi connectivity index (χ3n) is 7.55. The van der Waals surface area contributed by atoms with Gasteiger partial charge in [0.25, 0.3) is 17.3 Å². The van der Waals surface area contributed by atoms with Crippen LogP contribution >= 0.6 is 0 Å². The van der Waals surface area contributed by atoms with Gasteiger partial charge in [-0.05, 0) is 38.3 Å². The molecule has 200 valence electrons. The molecule has 0 radical (unpaired) electrons. The van der Waals surface area contributed by atoms with E-state index in [0.29, 0.717) is 28.1 Å². The summed E-state index contributed by atoms with van der Waals surface area (Å²) in [6.07, 6.45) is 0. The monoisotopic (exact) mass is 546 g/mol. The quantitative estimate of drug-likeness (QED) is 0.212. The Balaban J connectivity index is 1.45. The van der Waals surface area contributed by atoms with Crippen molar-refractivity contribution in [3.63, 3.8) is 0 Å². The van der Waals surface area contributed by atoms with Crippen LogP contribution in [0.5, 0.6) is 0 Å². The Morgan fingerprint density at radius 2 is 1.29 bits per heavy atom. The maximum atomic E-state index is 16.6. The van der Waals surface area contributed by atoms with Crippen LogP contribution in [0.2, 0.25) is 0 Å². The smallest absolute Gasteiger partial charge is 0.354 e. The molecule has 0 bridgehead atoms. The first-order chi connectivity index (χ1) is 21.8. The van der Waals surface area contributed by atoms with Gasteiger partial charge >= 0.3 is 6.01 Å². The highest BCUT2D eigenvalue weighted by Gasteiger charge is 2.40. The van der Waals surface area contributed by atoms with E-state index in [0.717, 1.165) is 16.3 Å². The molecule has 0 unspecified atom stereocenters. The number of para-hydroxylation sites is 4. The summed E-state index contributed by atoms with van der Waals surface area (Å²) in [6, 6.07) is 25.1. The van der Waals surface area contributed by atoms with Gasteiger partial charge in [0.05, 0.1) is 6.85 Å². The van der Waals surface area contributed by atoms with Crippen LogP contribution in [0.3, 0.4) is 0 Å². The minimum absolute atomic E-state index is 0.0786. The van der Waals surface area contributed by atoms with Gasteiger partial charge in [0, 0.05) is 69.3 Å². The molecule has 5 heteroatoms. The Hall–Kier alpha value is -4.86. The molecule has 0 saturated heterocycles.